The molecule has 5 nitrogen and oxygen atoms in total. The molecule has 15 heavy (non-hydrogen) atoms. The maximum atomic E-state index is 8.36. The van der Waals surface area contributed by atoms with E-state index in [1.54, 1.807) is 19.3 Å². The van der Waals surface area contributed by atoms with Crippen molar-refractivity contribution in [3.05, 3.63) is 18.2 Å². The number of carbonyl (C=O) groups is 1. The number of anilines is 1. The molecule has 0 saturated heterocycles. The molecule has 0 spiro atoms. The SMILES string of the molecule is COCN(OC)c1cc2ccc1-2.O=CO. The molecule has 1 N–H and O–H groups in total. The number of carboxylic acid groups (broad SMARTS) is 1. The van der Waals surface area contributed by atoms with Crippen LogP contribution in [-0.2, 0) is 14.4 Å². The predicted octanol–water partition coefficient (Wildman–Crippen LogP) is 1.34. The molecule has 0 atom stereocenters. The number of ether oxygens (including phenoxy) is 1. The Balaban J connectivity index is 0.000000337. The van der Waals surface area contributed by atoms with Gasteiger partial charge in [-0.05, 0) is 11.6 Å². The van der Waals surface area contributed by atoms with Crippen molar-refractivity contribution in [3.63, 3.8) is 0 Å². The summed E-state index contributed by atoms with van der Waals surface area (Å²) in [5, 5.41) is 8.61. The maximum Gasteiger partial charge on any atom is 0.290 e. The minimum absolute atomic E-state index is 0.250. The number of rotatable bonds is 4. The van der Waals surface area contributed by atoms with Crippen molar-refractivity contribution in [1.82, 2.24) is 0 Å². The molecule has 2 aliphatic rings. The second-order valence-corrected chi connectivity index (χ2v) is 2.82. The first-order valence-electron chi connectivity index (χ1n) is 4.31. The number of nitrogens with zero attached hydrogens (tertiary/aromatic N) is 1. The standard InChI is InChI=1S/C9H11NO2.CH2O2/c1-11-6-10(12-2)9-5-7-3-4-8(7)9;2-1-3/h3-5H,6H2,1-2H3;1H,(H,2,3). The molecule has 2 aliphatic carbocycles. The van der Waals surface area contributed by atoms with Crippen LogP contribution in [0.15, 0.2) is 18.2 Å². The third kappa shape index (κ3) is 2.26. The van der Waals surface area contributed by atoms with Gasteiger partial charge in [-0.3, -0.25) is 9.63 Å². The topological polar surface area (TPSA) is 59.0 Å². The molecule has 0 aliphatic heterocycles. The molecule has 0 heterocycles. The van der Waals surface area contributed by atoms with E-state index in [0.29, 0.717) is 6.73 Å². The zero-order chi connectivity index (χ0) is 11.3. The van der Waals surface area contributed by atoms with Gasteiger partial charge in [0.15, 0.2) is 0 Å². The Morgan fingerprint density at radius 2 is 2.13 bits per heavy atom. The Morgan fingerprint density at radius 1 is 1.47 bits per heavy atom. The highest BCUT2D eigenvalue weighted by atomic mass is 16.7. The lowest BCUT2D eigenvalue weighted by Gasteiger charge is -2.29. The highest BCUT2D eigenvalue weighted by Crippen LogP contribution is 2.43. The van der Waals surface area contributed by atoms with Crippen LogP contribution in [0.4, 0.5) is 5.69 Å². The van der Waals surface area contributed by atoms with Gasteiger partial charge in [0.1, 0.15) is 6.73 Å². The summed E-state index contributed by atoms with van der Waals surface area (Å²) in [5.74, 6) is 0. The third-order valence-electron chi connectivity index (χ3n) is 2.04. The lowest BCUT2D eigenvalue weighted by Crippen LogP contribution is -2.26. The number of hydrogen-bond donors (Lipinski definition) is 1. The van der Waals surface area contributed by atoms with E-state index < -0.39 is 0 Å². The zero-order valence-electron chi connectivity index (χ0n) is 8.64. The molecular weight excluding hydrogens is 198 g/mol. The zero-order valence-corrected chi connectivity index (χ0v) is 8.64. The van der Waals surface area contributed by atoms with Crippen LogP contribution >= 0.6 is 0 Å². The molecule has 0 unspecified atom stereocenters. The fraction of sp³-hybridized carbons (Fsp3) is 0.300. The smallest absolute Gasteiger partial charge is 0.290 e. The molecular formula is C10H13NO4. The van der Waals surface area contributed by atoms with Crippen molar-refractivity contribution >= 4 is 12.2 Å². The van der Waals surface area contributed by atoms with E-state index in [9.17, 15) is 0 Å². The van der Waals surface area contributed by atoms with Crippen LogP contribution in [0.1, 0.15) is 0 Å². The third-order valence-corrected chi connectivity index (χ3v) is 2.04. The van der Waals surface area contributed by atoms with Crippen LogP contribution in [0, 0.1) is 0 Å². The minimum Gasteiger partial charge on any atom is -0.483 e. The summed E-state index contributed by atoms with van der Waals surface area (Å²) in [5.41, 5.74) is 3.69. The summed E-state index contributed by atoms with van der Waals surface area (Å²) >= 11 is 0. The van der Waals surface area contributed by atoms with E-state index in [0.717, 1.165) is 5.69 Å². The van der Waals surface area contributed by atoms with E-state index in [4.69, 9.17) is 19.5 Å². The predicted molar refractivity (Wildman–Crippen MR) is 55.5 cm³/mol. The molecule has 0 aromatic rings. The Hall–Kier alpha value is -1.59. The Kier molecular flexibility index (Phi) is 4.08. The minimum atomic E-state index is -0.250. The van der Waals surface area contributed by atoms with Crippen molar-refractivity contribution in [2.24, 2.45) is 0 Å². The molecule has 0 amide bonds. The average Bonchev–Trinajstić information content (AvgIpc) is 2.20. The van der Waals surface area contributed by atoms with E-state index in [-0.39, 0.29) is 6.47 Å². The van der Waals surface area contributed by atoms with Gasteiger partial charge in [0.05, 0.1) is 12.8 Å². The molecule has 0 aromatic heterocycles. The van der Waals surface area contributed by atoms with Gasteiger partial charge in [-0.15, -0.1) is 0 Å². The number of hydrogen-bond acceptors (Lipinski definition) is 4. The van der Waals surface area contributed by atoms with Gasteiger partial charge in [-0.25, -0.2) is 5.06 Å². The van der Waals surface area contributed by atoms with Crippen LogP contribution in [0.5, 0.6) is 0 Å². The van der Waals surface area contributed by atoms with Crippen molar-refractivity contribution in [1.29, 1.82) is 0 Å². The number of methoxy groups -OCH3 is 1. The molecule has 0 radical (unpaired) electrons. The van der Waals surface area contributed by atoms with Gasteiger partial charge in [-0.1, -0.05) is 12.1 Å². The van der Waals surface area contributed by atoms with Gasteiger partial charge in [-0.2, -0.15) is 0 Å². The monoisotopic (exact) mass is 211 g/mol. The number of benzene rings is 1. The second kappa shape index (κ2) is 5.33. The first-order valence-corrected chi connectivity index (χ1v) is 4.31. The molecule has 0 saturated carbocycles. The fourth-order valence-corrected chi connectivity index (χ4v) is 1.31. The second-order valence-electron chi connectivity index (χ2n) is 2.82. The summed E-state index contributed by atoms with van der Waals surface area (Å²) in [7, 11) is 3.29. The van der Waals surface area contributed by atoms with Gasteiger partial charge in [0, 0.05) is 12.7 Å². The van der Waals surface area contributed by atoms with E-state index in [1.807, 2.05) is 0 Å². The molecule has 0 bridgehead atoms. The van der Waals surface area contributed by atoms with E-state index in [2.05, 4.69) is 18.2 Å². The highest BCUT2D eigenvalue weighted by molar-refractivity contribution is 5.91. The largest absolute Gasteiger partial charge is 0.483 e. The Morgan fingerprint density at radius 3 is 2.40 bits per heavy atom. The van der Waals surface area contributed by atoms with Crippen LogP contribution < -0.4 is 5.06 Å². The number of fused-ring (bicyclic) bond motifs is 1. The summed E-state index contributed by atoms with van der Waals surface area (Å²) in [6.45, 7) is 0.215. The average molecular weight is 211 g/mol. The van der Waals surface area contributed by atoms with Crippen LogP contribution in [-0.4, -0.2) is 32.5 Å². The fourth-order valence-electron chi connectivity index (χ4n) is 1.31. The van der Waals surface area contributed by atoms with Crippen molar-refractivity contribution < 1.29 is 19.5 Å². The number of hydroxylamine groups is 1. The maximum absolute atomic E-state index is 8.36. The van der Waals surface area contributed by atoms with Crippen LogP contribution in [0.3, 0.4) is 0 Å². The first kappa shape index (κ1) is 11.5. The van der Waals surface area contributed by atoms with Gasteiger partial charge >= 0.3 is 0 Å². The lowest BCUT2D eigenvalue weighted by molar-refractivity contribution is -0.122. The summed E-state index contributed by atoms with van der Waals surface area (Å²) in [6, 6.07) is 6.24. The van der Waals surface area contributed by atoms with Crippen LogP contribution in [0.25, 0.3) is 11.1 Å². The van der Waals surface area contributed by atoms with Gasteiger partial charge in [0.2, 0.25) is 0 Å². The summed E-state index contributed by atoms with van der Waals surface area (Å²) in [4.78, 5) is 13.5. The van der Waals surface area contributed by atoms with Gasteiger partial charge < -0.3 is 9.84 Å². The summed E-state index contributed by atoms with van der Waals surface area (Å²) < 4.78 is 4.97. The van der Waals surface area contributed by atoms with Crippen LogP contribution in [0.2, 0.25) is 0 Å². The Bertz CT molecular complexity index is 340. The Labute approximate surface area is 87.8 Å². The molecule has 5 heteroatoms. The van der Waals surface area contributed by atoms with Crippen molar-refractivity contribution in [2.75, 3.05) is 26.0 Å². The van der Waals surface area contributed by atoms with E-state index >= 15 is 0 Å². The quantitative estimate of drug-likeness (QED) is 0.470. The normalized spacial score (nSPS) is 10.0. The molecule has 82 valence electrons. The lowest BCUT2D eigenvalue weighted by atomic mass is 9.91. The first-order chi connectivity index (χ1) is 7.28. The van der Waals surface area contributed by atoms with Gasteiger partial charge in [0.25, 0.3) is 6.47 Å². The molecule has 2 rings (SSSR count). The molecule has 0 aromatic carbocycles. The molecule has 0 fully saturated rings. The van der Waals surface area contributed by atoms with E-state index in [1.165, 1.54) is 11.1 Å². The van der Waals surface area contributed by atoms with Crippen molar-refractivity contribution in [3.8, 4) is 11.1 Å². The highest BCUT2D eigenvalue weighted by Gasteiger charge is 2.21. The summed E-state index contributed by atoms with van der Waals surface area (Å²) in [6.07, 6.45) is 0. The van der Waals surface area contributed by atoms with Crippen molar-refractivity contribution in [2.45, 2.75) is 0 Å².